The molecule has 0 radical (unpaired) electrons. The highest BCUT2D eigenvalue weighted by atomic mass is 19.1. The summed E-state index contributed by atoms with van der Waals surface area (Å²) in [5, 5.41) is 2.59. The lowest BCUT2D eigenvalue weighted by molar-refractivity contribution is -0.125. The van der Waals surface area contributed by atoms with Crippen molar-refractivity contribution in [3.05, 3.63) is 77.2 Å². The van der Waals surface area contributed by atoms with E-state index in [9.17, 15) is 18.8 Å². The van der Waals surface area contributed by atoms with E-state index in [-0.39, 0.29) is 29.3 Å². The van der Waals surface area contributed by atoms with Crippen LogP contribution in [-0.4, -0.2) is 28.7 Å². The third-order valence-corrected chi connectivity index (χ3v) is 4.83. The highest BCUT2D eigenvalue weighted by Gasteiger charge is 2.45. The Balaban J connectivity index is 1.61. The van der Waals surface area contributed by atoms with Gasteiger partial charge in [0.05, 0.1) is 11.1 Å². The summed E-state index contributed by atoms with van der Waals surface area (Å²) in [6, 6.07) is 9.76. The van der Waals surface area contributed by atoms with Crippen molar-refractivity contribution in [3.63, 3.8) is 0 Å². The van der Waals surface area contributed by atoms with Gasteiger partial charge >= 0.3 is 0 Å². The van der Waals surface area contributed by atoms with Gasteiger partial charge < -0.3 is 10.1 Å². The average Bonchev–Trinajstić information content (AvgIpc) is 2.92. The summed E-state index contributed by atoms with van der Waals surface area (Å²) in [7, 11) is 0. The maximum atomic E-state index is 13.3. The number of amides is 3. The lowest BCUT2D eigenvalue weighted by atomic mass is 10.0. The summed E-state index contributed by atoms with van der Waals surface area (Å²) in [6.07, 6.45) is 0.822. The van der Waals surface area contributed by atoms with E-state index in [1.165, 1.54) is 18.2 Å². The lowest BCUT2D eigenvalue weighted by Crippen LogP contribution is -2.51. The Kier molecular flexibility index (Phi) is 4.43. The van der Waals surface area contributed by atoms with E-state index in [0.29, 0.717) is 24.1 Å². The highest BCUT2D eigenvalue weighted by molar-refractivity contribution is 6.24. The first-order valence-corrected chi connectivity index (χ1v) is 8.82. The number of allylic oxidation sites excluding steroid dienone is 1. The van der Waals surface area contributed by atoms with Crippen LogP contribution in [0, 0.1) is 5.82 Å². The van der Waals surface area contributed by atoms with Crippen molar-refractivity contribution in [1.82, 2.24) is 10.2 Å². The molecule has 28 heavy (non-hydrogen) atoms. The van der Waals surface area contributed by atoms with Gasteiger partial charge in [-0.15, -0.1) is 0 Å². The number of nitrogens with zero attached hydrogens (tertiary/aromatic N) is 1. The normalized spacial score (nSPS) is 18.9. The third kappa shape index (κ3) is 3.05. The lowest BCUT2D eigenvalue weighted by Gasteiger charge is -2.29. The predicted molar refractivity (Wildman–Crippen MR) is 98.0 cm³/mol. The third-order valence-electron chi connectivity index (χ3n) is 4.83. The van der Waals surface area contributed by atoms with Crippen LogP contribution < -0.4 is 10.1 Å². The summed E-state index contributed by atoms with van der Waals surface area (Å²) in [5.41, 5.74) is 1.48. The molecule has 3 amide bonds. The number of benzene rings is 2. The van der Waals surface area contributed by atoms with Crippen LogP contribution in [0.25, 0.3) is 0 Å². The molecular weight excluding hydrogens is 363 g/mol. The first kappa shape index (κ1) is 17.9. The molecule has 2 aromatic carbocycles. The number of hydrogen-bond donors (Lipinski definition) is 1. The number of nitrogens with one attached hydrogen (secondary N) is 1. The van der Waals surface area contributed by atoms with E-state index in [2.05, 4.69) is 11.9 Å². The molecule has 2 aliphatic heterocycles. The minimum absolute atomic E-state index is 0.0411. The fraction of sp³-hybridized carbons (Fsp3) is 0.190. The molecule has 2 aliphatic rings. The van der Waals surface area contributed by atoms with Crippen molar-refractivity contribution in [2.75, 3.05) is 0 Å². The number of hydrogen-bond acceptors (Lipinski definition) is 4. The number of ether oxygens (including phenoxy) is 1. The number of carbonyl (C=O) groups excluding carboxylic acids is 3. The molecule has 0 saturated carbocycles. The zero-order valence-electron chi connectivity index (χ0n) is 14.9. The number of rotatable bonds is 4. The number of fused-ring (bicyclic) bond motifs is 1. The number of carbonyl (C=O) groups is 3. The topological polar surface area (TPSA) is 75.7 Å². The second-order valence-corrected chi connectivity index (χ2v) is 6.72. The van der Waals surface area contributed by atoms with Crippen molar-refractivity contribution in [3.8, 4) is 5.75 Å². The van der Waals surface area contributed by atoms with Crippen LogP contribution in [0.2, 0.25) is 0 Å². The van der Waals surface area contributed by atoms with E-state index in [1.807, 2.05) is 0 Å². The highest BCUT2D eigenvalue weighted by Crippen LogP contribution is 2.34. The standard InChI is InChI=1S/C21H17FN2O4/c1-12-8-9-16(19(25)23-12)24-20(26)15-6-3-7-17(18(15)21(24)27)28-11-13-4-2-5-14(22)10-13/h2-7,10,16H,1,8-9,11H2,(H,23,25). The minimum atomic E-state index is -0.881. The Labute approximate surface area is 160 Å². The Morgan fingerprint density at radius 1 is 1.14 bits per heavy atom. The van der Waals surface area contributed by atoms with E-state index >= 15 is 0 Å². The second-order valence-electron chi connectivity index (χ2n) is 6.72. The summed E-state index contributed by atoms with van der Waals surface area (Å²) < 4.78 is 19.0. The van der Waals surface area contributed by atoms with Gasteiger partial charge in [-0.3, -0.25) is 19.3 Å². The molecule has 2 aromatic rings. The van der Waals surface area contributed by atoms with Crippen LogP contribution in [-0.2, 0) is 11.4 Å². The maximum Gasteiger partial charge on any atom is 0.266 e. The van der Waals surface area contributed by atoms with Crippen LogP contribution in [0.5, 0.6) is 5.75 Å². The van der Waals surface area contributed by atoms with Gasteiger partial charge in [0.2, 0.25) is 5.91 Å². The molecule has 142 valence electrons. The van der Waals surface area contributed by atoms with Crippen molar-refractivity contribution < 1.29 is 23.5 Å². The van der Waals surface area contributed by atoms with Gasteiger partial charge in [0, 0.05) is 5.70 Å². The van der Waals surface area contributed by atoms with Crippen molar-refractivity contribution >= 4 is 17.7 Å². The first-order chi connectivity index (χ1) is 13.5. The summed E-state index contributed by atoms with van der Waals surface area (Å²) >= 11 is 0. The molecule has 2 heterocycles. The van der Waals surface area contributed by atoms with Gasteiger partial charge in [0.1, 0.15) is 24.2 Å². The van der Waals surface area contributed by atoms with E-state index in [4.69, 9.17) is 4.74 Å². The molecule has 1 N–H and O–H groups in total. The van der Waals surface area contributed by atoms with Gasteiger partial charge in [-0.05, 0) is 42.7 Å². The zero-order valence-corrected chi connectivity index (χ0v) is 14.9. The Morgan fingerprint density at radius 3 is 2.68 bits per heavy atom. The molecule has 1 saturated heterocycles. The molecule has 0 spiro atoms. The molecule has 0 aromatic heterocycles. The number of imide groups is 1. The Bertz CT molecular complexity index is 1020. The van der Waals surface area contributed by atoms with Crippen LogP contribution in [0.3, 0.4) is 0 Å². The fourth-order valence-electron chi connectivity index (χ4n) is 3.47. The Morgan fingerprint density at radius 2 is 1.93 bits per heavy atom. The molecule has 1 fully saturated rings. The van der Waals surface area contributed by atoms with Gasteiger partial charge in [-0.1, -0.05) is 24.8 Å². The van der Waals surface area contributed by atoms with Gasteiger partial charge in [0.25, 0.3) is 11.8 Å². The quantitative estimate of drug-likeness (QED) is 0.828. The Hall–Kier alpha value is -3.48. The largest absolute Gasteiger partial charge is 0.488 e. The number of piperidine rings is 1. The zero-order chi connectivity index (χ0) is 19.8. The molecule has 7 heteroatoms. The maximum absolute atomic E-state index is 13.3. The van der Waals surface area contributed by atoms with E-state index in [0.717, 1.165) is 4.90 Å². The molecule has 1 atom stereocenters. The van der Waals surface area contributed by atoms with Crippen LogP contribution in [0.15, 0.2) is 54.7 Å². The summed E-state index contributed by atoms with van der Waals surface area (Å²) in [5.74, 6) is -1.68. The molecule has 6 nitrogen and oxygen atoms in total. The average molecular weight is 380 g/mol. The predicted octanol–water partition coefficient (Wildman–Crippen LogP) is 2.79. The molecular formula is C21H17FN2O4. The number of halogens is 1. The monoisotopic (exact) mass is 380 g/mol. The van der Waals surface area contributed by atoms with E-state index in [1.54, 1.807) is 24.3 Å². The minimum Gasteiger partial charge on any atom is -0.488 e. The smallest absolute Gasteiger partial charge is 0.266 e. The molecule has 4 rings (SSSR count). The van der Waals surface area contributed by atoms with Crippen molar-refractivity contribution in [2.45, 2.75) is 25.5 Å². The van der Waals surface area contributed by atoms with Crippen molar-refractivity contribution in [2.24, 2.45) is 0 Å². The van der Waals surface area contributed by atoms with Gasteiger partial charge in [-0.2, -0.15) is 0 Å². The fourth-order valence-corrected chi connectivity index (χ4v) is 3.47. The van der Waals surface area contributed by atoms with Gasteiger partial charge in [0.15, 0.2) is 0 Å². The first-order valence-electron chi connectivity index (χ1n) is 8.82. The van der Waals surface area contributed by atoms with Crippen LogP contribution in [0.1, 0.15) is 39.1 Å². The summed E-state index contributed by atoms with van der Waals surface area (Å²) in [4.78, 5) is 39.0. The second kappa shape index (κ2) is 6.92. The van der Waals surface area contributed by atoms with Gasteiger partial charge in [-0.25, -0.2) is 4.39 Å². The molecule has 0 bridgehead atoms. The SMILES string of the molecule is C=C1CCC(N2C(=O)c3cccc(OCc4cccc(F)c4)c3C2=O)C(=O)N1. The van der Waals surface area contributed by atoms with Crippen LogP contribution in [0.4, 0.5) is 4.39 Å². The molecule has 0 aliphatic carbocycles. The summed E-state index contributed by atoms with van der Waals surface area (Å²) in [6.45, 7) is 3.75. The van der Waals surface area contributed by atoms with Crippen molar-refractivity contribution in [1.29, 1.82) is 0 Å². The van der Waals surface area contributed by atoms with E-state index < -0.39 is 23.8 Å². The molecule has 1 unspecified atom stereocenters. The van der Waals surface area contributed by atoms with Crippen LogP contribution >= 0.6 is 0 Å².